The zero-order valence-electron chi connectivity index (χ0n) is 17.0. The summed E-state index contributed by atoms with van der Waals surface area (Å²) in [6, 6.07) is 22.0. The van der Waals surface area contributed by atoms with E-state index in [9.17, 15) is 4.79 Å². The number of rotatable bonds is 6. The van der Waals surface area contributed by atoms with Crippen molar-refractivity contribution in [3.8, 4) is 17.6 Å². The molecule has 0 atom stereocenters. The van der Waals surface area contributed by atoms with Crippen LogP contribution in [0.3, 0.4) is 0 Å². The Hall–Kier alpha value is -3.89. The molecule has 0 saturated heterocycles. The van der Waals surface area contributed by atoms with Crippen molar-refractivity contribution in [2.24, 2.45) is 0 Å². The molecular weight excluding hydrogens is 410 g/mol. The van der Waals surface area contributed by atoms with Crippen molar-refractivity contribution in [2.75, 3.05) is 19.1 Å². The maximum atomic E-state index is 13.5. The van der Waals surface area contributed by atoms with Gasteiger partial charge in [0, 0.05) is 5.56 Å². The number of anilines is 1. The van der Waals surface area contributed by atoms with Gasteiger partial charge in [0.2, 0.25) is 0 Å². The Bertz CT molecular complexity index is 1220. The van der Waals surface area contributed by atoms with Crippen LogP contribution in [0, 0.1) is 11.3 Å². The number of methoxy groups -OCH3 is 2. The number of carbonyl (C=O) groups excluding carboxylic acids is 1. The van der Waals surface area contributed by atoms with Crippen LogP contribution in [-0.2, 0) is 6.54 Å². The molecule has 1 heterocycles. The fraction of sp³-hybridized carbons (Fsp3) is 0.125. The molecule has 3 aromatic carbocycles. The van der Waals surface area contributed by atoms with E-state index < -0.39 is 0 Å². The molecule has 7 heteroatoms. The van der Waals surface area contributed by atoms with E-state index in [4.69, 9.17) is 19.7 Å². The third-order valence-electron chi connectivity index (χ3n) is 4.82. The first-order valence-electron chi connectivity index (χ1n) is 9.52. The molecule has 0 bridgehead atoms. The average Bonchev–Trinajstić information content (AvgIpc) is 3.27. The van der Waals surface area contributed by atoms with Crippen LogP contribution in [0.4, 0.5) is 5.13 Å². The number of carbonyl (C=O) groups is 1. The molecule has 0 unspecified atom stereocenters. The second kappa shape index (κ2) is 8.86. The molecule has 0 spiro atoms. The number of benzene rings is 3. The summed E-state index contributed by atoms with van der Waals surface area (Å²) in [6.45, 7) is 0.351. The standard InChI is InChI=1S/C24H19N3O3S/c1-29-19-12-13-20(30-2)22-21(19)26-24(31-22)27(15-17-6-4-3-5-7-17)23(28)18-10-8-16(14-25)9-11-18/h3-13H,15H2,1-2H3. The van der Waals surface area contributed by atoms with Crippen molar-refractivity contribution >= 4 is 32.6 Å². The van der Waals surface area contributed by atoms with Crippen LogP contribution >= 0.6 is 11.3 Å². The zero-order valence-corrected chi connectivity index (χ0v) is 17.8. The van der Waals surface area contributed by atoms with Crippen LogP contribution < -0.4 is 14.4 Å². The van der Waals surface area contributed by atoms with E-state index in [1.54, 1.807) is 49.5 Å². The van der Waals surface area contributed by atoms with Crippen molar-refractivity contribution in [1.82, 2.24) is 4.98 Å². The van der Waals surface area contributed by atoms with Gasteiger partial charge in [-0.3, -0.25) is 9.69 Å². The number of thiazole rings is 1. The predicted molar refractivity (Wildman–Crippen MR) is 121 cm³/mol. The molecule has 1 amide bonds. The van der Waals surface area contributed by atoms with Gasteiger partial charge in [-0.25, -0.2) is 4.98 Å². The number of hydrogen-bond donors (Lipinski definition) is 0. The van der Waals surface area contributed by atoms with Gasteiger partial charge in [-0.15, -0.1) is 0 Å². The summed E-state index contributed by atoms with van der Waals surface area (Å²) < 4.78 is 11.8. The molecule has 1 aromatic heterocycles. The number of nitriles is 1. The molecule has 154 valence electrons. The maximum absolute atomic E-state index is 13.5. The number of amides is 1. The summed E-state index contributed by atoms with van der Waals surface area (Å²) in [5.41, 5.74) is 2.60. The van der Waals surface area contributed by atoms with Crippen LogP contribution in [0.5, 0.6) is 11.5 Å². The third-order valence-corrected chi connectivity index (χ3v) is 5.91. The Morgan fingerprint density at radius 2 is 1.68 bits per heavy atom. The molecule has 4 aromatic rings. The van der Waals surface area contributed by atoms with Gasteiger partial charge in [0.15, 0.2) is 5.13 Å². The van der Waals surface area contributed by atoms with Gasteiger partial charge in [0.25, 0.3) is 5.91 Å². The Balaban J connectivity index is 1.82. The molecule has 0 saturated carbocycles. The zero-order chi connectivity index (χ0) is 21.8. The minimum atomic E-state index is -0.203. The summed E-state index contributed by atoms with van der Waals surface area (Å²) in [7, 11) is 3.19. The molecular formula is C24H19N3O3S. The van der Waals surface area contributed by atoms with Gasteiger partial charge < -0.3 is 9.47 Å². The highest BCUT2D eigenvalue weighted by Crippen LogP contribution is 2.40. The molecule has 0 aliphatic carbocycles. The lowest BCUT2D eigenvalue weighted by Gasteiger charge is -2.20. The summed E-state index contributed by atoms with van der Waals surface area (Å²) in [4.78, 5) is 19.9. The third kappa shape index (κ3) is 4.06. The highest BCUT2D eigenvalue weighted by atomic mass is 32.1. The molecule has 0 radical (unpaired) electrons. The Labute approximate surface area is 183 Å². The molecule has 6 nitrogen and oxygen atoms in total. The van der Waals surface area contributed by atoms with Gasteiger partial charge in [-0.05, 0) is 42.0 Å². The van der Waals surface area contributed by atoms with Crippen LogP contribution in [0.1, 0.15) is 21.5 Å². The minimum Gasteiger partial charge on any atom is -0.495 e. The molecule has 0 N–H and O–H groups in total. The van der Waals surface area contributed by atoms with Gasteiger partial charge in [0.05, 0.1) is 32.4 Å². The second-order valence-electron chi connectivity index (χ2n) is 6.71. The average molecular weight is 430 g/mol. The lowest BCUT2D eigenvalue weighted by atomic mass is 10.1. The maximum Gasteiger partial charge on any atom is 0.260 e. The summed E-state index contributed by atoms with van der Waals surface area (Å²) in [5, 5.41) is 9.59. The van der Waals surface area contributed by atoms with Gasteiger partial charge in [-0.1, -0.05) is 41.7 Å². The highest BCUT2D eigenvalue weighted by molar-refractivity contribution is 7.22. The number of nitrogens with zero attached hydrogens (tertiary/aromatic N) is 3. The second-order valence-corrected chi connectivity index (χ2v) is 7.69. The number of ether oxygens (including phenoxy) is 2. The van der Waals surface area contributed by atoms with Crippen molar-refractivity contribution in [2.45, 2.75) is 6.54 Å². The molecule has 0 aliphatic heterocycles. The fourth-order valence-corrected chi connectivity index (χ4v) is 4.30. The molecule has 4 rings (SSSR count). The first-order chi connectivity index (χ1) is 15.1. The quantitative estimate of drug-likeness (QED) is 0.430. The van der Waals surface area contributed by atoms with Crippen LogP contribution in [0.2, 0.25) is 0 Å². The monoisotopic (exact) mass is 429 g/mol. The van der Waals surface area contributed by atoms with E-state index in [1.807, 2.05) is 36.4 Å². The van der Waals surface area contributed by atoms with Gasteiger partial charge in [-0.2, -0.15) is 5.26 Å². The lowest BCUT2D eigenvalue weighted by molar-refractivity contribution is 0.0985. The largest absolute Gasteiger partial charge is 0.495 e. The van der Waals surface area contributed by atoms with Crippen molar-refractivity contribution in [1.29, 1.82) is 5.26 Å². The van der Waals surface area contributed by atoms with E-state index >= 15 is 0 Å². The molecule has 0 aliphatic rings. The van der Waals surface area contributed by atoms with Crippen LogP contribution in [0.25, 0.3) is 10.2 Å². The minimum absolute atomic E-state index is 0.203. The Kier molecular flexibility index (Phi) is 5.83. The summed E-state index contributed by atoms with van der Waals surface area (Å²) >= 11 is 1.37. The number of aromatic nitrogens is 1. The van der Waals surface area contributed by atoms with Crippen LogP contribution in [0.15, 0.2) is 66.7 Å². The van der Waals surface area contributed by atoms with E-state index in [0.29, 0.717) is 39.8 Å². The summed E-state index contributed by atoms with van der Waals surface area (Å²) in [6.07, 6.45) is 0. The van der Waals surface area contributed by atoms with Crippen LogP contribution in [-0.4, -0.2) is 25.1 Å². The van der Waals surface area contributed by atoms with E-state index in [0.717, 1.165) is 10.3 Å². The fourth-order valence-electron chi connectivity index (χ4n) is 3.23. The van der Waals surface area contributed by atoms with Gasteiger partial charge >= 0.3 is 0 Å². The van der Waals surface area contributed by atoms with Crippen molar-refractivity contribution < 1.29 is 14.3 Å². The van der Waals surface area contributed by atoms with E-state index in [1.165, 1.54) is 11.3 Å². The van der Waals surface area contributed by atoms with Crippen molar-refractivity contribution in [3.63, 3.8) is 0 Å². The van der Waals surface area contributed by atoms with Crippen molar-refractivity contribution in [3.05, 3.63) is 83.4 Å². The first kappa shape index (κ1) is 20.4. The normalized spacial score (nSPS) is 10.5. The number of fused-ring (bicyclic) bond motifs is 1. The SMILES string of the molecule is COc1ccc(OC)c2sc(N(Cc3ccccc3)C(=O)c3ccc(C#N)cc3)nc12. The number of hydrogen-bond acceptors (Lipinski definition) is 6. The smallest absolute Gasteiger partial charge is 0.260 e. The first-order valence-corrected chi connectivity index (χ1v) is 10.3. The molecule has 31 heavy (non-hydrogen) atoms. The predicted octanol–water partition coefficient (Wildman–Crippen LogP) is 5.03. The lowest BCUT2D eigenvalue weighted by Crippen LogP contribution is -2.30. The highest BCUT2D eigenvalue weighted by Gasteiger charge is 2.24. The van der Waals surface area contributed by atoms with E-state index in [-0.39, 0.29) is 5.91 Å². The van der Waals surface area contributed by atoms with Gasteiger partial charge in [0.1, 0.15) is 21.7 Å². The Morgan fingerprint density at radius 3 is 2.32 bits per heavy atom. The topological polar surface area (TPSA) is 75.5 Å². The molecule has 0 fully saturated rings. The van der Waals surface area contributed by atoms with E-state index in [2.05, 4.69) is 6.07 Å². The summed E-state index contributed by atoms with van der Waals surface area (Å²) in [5.74, 6) is 1.08. The Morgan fingerprint density at radius 1 is 1.00 bits per heavy atom.